The average molecular weight is 216 g/mol. The van der Waals surface area contributed by atoms with Crippen LogP contribution in [0.25, 0.3) is 0 Å². The molecule has 1 aliphatic heterocycles. The van der Waals surface area contributed by atoms with E-state index in [4.69, 9.17) is 4.74 Å². The van der Waals surface area contributed by atoms with Crippen LogP contribution in [0.1, 0.15) is 34.6 Å². The van der Waals surface area contributed by atoms with E-state index in [-0.39, 0.29) is 6.10 Å². The van der Waals surface area contributed by atoms with Crippen LogP contribution in [0, 0.1) is 20.8 Å². The molecule has 0 radical (unpaired) electrons. The number of fused-ring (bicyclic) bond motifs is 3. The summed E-state index contributed by atoms with van der Waals surface area (Å²) >= 11 is 0. The summed E-state index contributed by atoms with van der Waals surface area (Å²) in [5.41, 5.74) is 4.24. The van der Waals surface area contributed by atoms with Crippen LogP contribution < -0.4 is 4.74 Å². The molecule has 1 heterocycles. The lowest BCUT2D eigenvalue weighted by Crippen LogP contribution is -2.10. The maximum atomic E-state index is 10.1. The molecule has 0 spiro atoms. The second-order valence-corrected chi connectivity index (χ2v) is 4.82. The normalized spacial score (nSPS) is 25.4. The molecule has 0 saturated heterocycles. The molecule has 2 nitrogen and oxygen atoms in total. The highest BCUT2D eigenvalue weighted by molar-refractivity contribution is 5.61. The summed E-state index contributed by atoms with van der Waals surface area (Å²) in [5, 5.41) is 10.1. The largest absolute Gasteiger partial charge is 0.507 e. The van der Waals surface area contributed by atoms with Crippen LogP contribution in [0.2, 0.25) is 0 Å². The predicted octanol–water partition coefficient (Wildman–Crippen LogP) is 3.12. The third-order valence-corrected chi connectivity index (χ3v) is 4.00. The maximum absolute atomic E-state index is 10.1. The van der Waals surface area contributed by atoms with Gasteiger partial charge in [-0.2, -0.15) is 0 Å². The minimum Gasteiger partial charge on any atom is -0.507 e. The van der Waals surface area contributed by atoms with Crippen LogP contribution in [0.3, 0.4) is 0 Å². The van der Waals surface area contributed by atoms with E-state index in [1.807, 2.05) is 20.8 Å². The number of benzene rings is 1. The van der Waals surface area contributed by atoms with Crippen molar-refractivity contribution in [1.29, 1.82) is 0 Å². The van der Waals surface area contributed by atoms with Gasteiger partial charge in [0.15, 0.2) is 0 Å². The van der Waals surface area contributed by atoms with E-state index in [0.29, 0.717) is 11.7 Å². The molecule has 0 bridgehead atoms. The second-order valence-electron chi connectivity index (χ2n) is 4.82. The van der Waals surface area contributed by atoms with Crippen molar-refractivity contribution in [2.75, 3.05) is 0 Å². The minimum absolute atomic E-state index is 0.189. The summed E-state index contributed by atoms with van der Waals surface area (Å²) in [4.78, 5) is 0. The van der Waals surface area contributed by atoms with E-state index in [1.165, 1.54) is 5.56 Å². The molecular formula is C14H16O2. The van der Waals surface area contributed by atoms with Gasteiger partial charge in [0.1, 0.15) is 17.6 Å². The summed E-state index contributed by atoms with van der Waals surface area (Å²) in [6, 6.07) is 0. The topological polar surface area (TPSA) is 29.5 Å². The summed E-state index contributed by atoms with van der Waals surface area (Å²) in [5.74, 6) is 1.86. The number of rotatable bonds is 0. The Kier molecular flexibility index (Phi) is 1.85. The van der Waals surface area contributed by atoms with Gasteiger partial charge in [0.2, 0.25) is 0 Å². The summed E-state index contributed by atoms with van der Waals surface area (Å²) in [6.07, 6.45) is 5.52. The third-order valence-electron chi connectivity index (χ3n) is 4.00. The van der Waals surface area contributed by atoms with Crippen molar-refractivity contribution in [1.82, 2.24) is 0 Å². The lowest BCUT2D eigenvalue weighted by Gasteiger charge is -2.14. The maximum Gasteiger partial charge on any atom is 0.127 e. The van der Waals surface area contributed by atoms with E-state index in [9.17, 15) is 5.11 Å². The lowest BCUT2D eigenvalue weighted by atomic mass is 9.89. The molecule has 84 valence electrons. The Morgan fingerprint density at radius 3 is 2.69 bits per heavy atom. The van der Waals surface area contributed by atoms with Gasteiger partial charge in [-0.1, -0.05) is 6.08 Å². The molecule has 0 aromatic heterocycles. The molecular weight excluding hydrogens is 200 g/mol. The number of phenolic OH excluding ortho intramolecular Hbond substituents is 1. The zero-order chi connectivity index (χ0) is 11.4. The molecule has 1 aromatic rings. The molecule has 2 aliphatic rings. The fraction of sp³-hybridized carbons (Fsp3) is 0.429. The molecule has 1 aromatic carbocycles. The van der Waals surface area contributed by atoms with Gasteiger partial charge in [-0.25, -0.2) is 0 Å². The molecule has 2 atom stereocenters. The molecule has 16 heavy (non-hydrogen) atoms. The van der Waals surface area contributed by atoms with Crippen molar-refractivity contribution in [2.45, 2.75) is 39.2 Å². The number of hydrogen-bond donors (Lipinski definition) is 1. The Morgan fingerprint density at radius 1 is 1.19 bits per heavy atom. The molecule has 0 amide bonds. The smallest absolute Gasteiger partial charge is 0.127 e. The van der Waals surface area contributed by atoms with Gasteiger partial charge in [0, 0.05) is 11.5 Å². The predicted molar refractivity (Wildman–Crippen MR) is 63.2 cm³/mol. The zero-order valence-electron chi connectivity index (χ0n) is 9.87. The summed E-state index contributed by atoms with van der Waals surface area (Å²) in [6.45, 7) is 5.97. The molecule has 2 unspecified atom stereocenters. The quantitative estimate of drug-likeness (QED) is 0.675. The zero-order valence-corrected chi connectivity index (χ0v) is 9.87. The fourth-order valence-corrected chi connectivity index (χ4v) is 2.89. The Morgan fingerprint density at radius 2 is 1.94 bits per heavy atom. The van der Waals surface area contributed by atoms with Crippen molar-refractivity contribution < 1.29 is 9.84 Å². The van der Waals surface area contributed by atoms with Crippen LogP contribution in [-0.2, 0) is 0 Å². The highest BCUT2D eigenvalue weighted by Gasteiger charge is 2.38. The van der Waals surface area contributed by atoms with Gasteiger partial charge in [-0.3, -0.25) is 0 Å². The highest BCUT2D eigenvalue weighted by Crippen LogP contribution is 2.50. The van der Waals surface area contributed by atoms with Crippen molar-refractivity contribution >= 4 is 0 Å². The van der Waals surface area contributed by atoms with E-state index in [0.717, 1.165) is 28.9 Å². The second kappa shape index (κ2) is 3.03. The first-order valence-electron chi connectivity index (χ1n) is 5.77. The Bertz CT molecular complexity index is 500. The summed E-state index contributed by atoms with van der Waals surface area (Å²) < 4.78 is 5.98. The molecule has 3 rings (SSSR count). The van der Waals surface area contributed by atoms with Crippen LogP contribution >= 0.6 is 0 Å². The van der Waals surface area contributed by atoms with E-state index < -0.39 is 0 Å². The number of aromatic hydroxyl groups is 1. The molecule has 1 aliphatic carbocycles. The Hall–Kier alpha value is -1.44. The van der Waals surface area contributed by atoms with E-state index in [2.05, 4.69) is 12.2 Å². The van der Waals surface area contributed by atoms with Crippen molar-refractivity contribution in [3.8, 4) is 11.5 Å². The number of allylic oxidation sites excluding steroid dienone is 1. The number of phenols is 1. The first kappa shape index (κ1) is 9.76. The molecule has 1 N–H and O–H groups in total. The van der Waals surface area contributed by atoms with Crippen LogP contribution in [0.4, 0.5) is 0 Å². The van der Waals surface area contributed by atoms with E-state index >= 15 is 0 Å². The minimum atomic E-state index is 0.189. The van der Waals surface area contributed by atoms with Crippen molar-refractivity contribution in [2.24, 2.45) is 0 Å². The van der Waals surface area contributed by atoms with Gasteiger partial charge >= 0.3 is 0 Å². The number of ether oxygens (including phenoxy) is 1. The molecule has 0 saturated carbocycles. The van der Waals surface area contributed by atoms with Crippen LogP contribution in [0.5, 0.6) is 11.5 Å². The third kappa shape index (κ3) is 1.02. The monoisotopic (exact) mass is 216 g/mol. The van der Waals surface area contributed by atoms with Crippen LogP contribution in [-0.4, -0.2) is 11.2 Å². The van der Waals surface area contributed by atoms with Gasteiger partial charge in [-0.15, -0.1) is 0 Å². The van der Waals surface area contributed by atoms with Gasteiger partial charge in [0.25, 0.3) is 0 Å². The fourth-order valence-electron chi connectivity index (χ4n) is 2.89. The first-order chi connectivity index (χ1) is 7.61. The lowest BCUT2D eigenvalue weighted by molar-refractivity contribution is 0.264. The first-order valence-corrected chi connectivity index (χ1v) is 5.77. The van der Waals surface area contributed by atoms with E-state index in [1.54, 1.807) is 0 Å². The molecule has 0 fully saturated rings. The molecule has 2 heteroatoms. The van der Waals surface area contributed by atoms with Crippen LogP contribution in [0.15, 0.2) is 12.2 Å². The highest BCUT2D eigenvalue weighted by atomic mass is 16.5. The number of hydrogen-bond acceptors (Lipinski definition) is 2. The summed E-state index contributed by atoms with van der Waals surface area (Å²) in [7, 11) is 0. The SMILES string of the molecule is Cc1c(C)c2c(c(C)c1O)C1CC=CC1O2. The standard InChI is InChI=1S/C14H16O2/c1-7-8(2)14-12(9(3)13(7)15)10-5-4-6-11(10)16-14/h4,6,10-11,15H,5H2,1-3H3. The Labute approximate surface area is 95.6 Å². The van der Waals surface area contributed by atoms with Crippen molar-refractivity contribution in [3.05, 3.63) is 34.4 Å². The van der Waals surface area contributed by atoms with Crippen molar-refractivity contribution in [3.63, 3.8) is 0 Å². The van der Waals surface area contributed by atoms with Gasteiger partial charge in [0.05, 0.1) is 0 Å². The average Bonchev–Trinajstić information content (AvgIpc) is 2.82. The van der Waals surface area contributed by atoms with Gasteiger partial charge in [-0.05, 0) is 50.0 Å². The van der Waals surface area contributed by atoms with Gasteiger partial charge < -0.3 is 9.84 Å². The Balaban J connectivity index is 2.27.